The van der Waals surface area contributed by atoms with Crippen LogP contribution in [0.5, 0.6) is 0 Å². The monoisotopic (exact) mass is 216 g/mol. The van der Waals surface area contributed by atoms with Crippen molar-refractivity contribution < 1.29 is 14.6 Å². The molecule has 0 aromatic heterocycles. The summed E-state index contributed by atoms with van der Waals surface area (Å²) in [5.74, 6) is 0. The van der Waals surface area contributed by atoms with Crippen molar-refractivity contribution in [1.29, 1.82) is 0 Å². The number of hydrogen-bond donors (Lipinski definition) is 2. The highest BCUT2D eigenvalue weighted by Gasteiger charge is 2.32. The number of ether oxygens (including phenoxy) is 1. The molecule has 0 aliphatic carbocycles. The van der Waals surface area contributed by atoms with Gasteiger partial charge in [-0.1, -0.05) is 0 Å². The fraction of sp³-hybridized carbons (Fsp3) is 0.900. The largest absolute Gasteiger partial charge is 0.386 e. The average Bonchev–Trinajstić information content (AvgIpc) is 2.65. The van der Waals surface area contributed by atoms with Crippen LogP contribution in [0.3, 0.4) is 0 Å². The molecule has 0 bridgehead atoms. The second kappa shape index (κ2) is 5.32. The van der Waals surface area contributed by atoms with Crippen molar-refractivity contribution in [2.45, 2.75) is 25.9 Å². The van der Waals surface area contributed by atoms with Crippen LogP contribution in [0, 0.1) is 0 Å². The van der Waals surface area contributed by atoms with Crippen LogP contribution in [-0.4, -0.2) is 54.5 Å². The minimum Gasteiger partial charge on any atom is -0.386 e. The van der Waals surface area contributed by atoms with Gasteiger partial charge in [-0.25, -0.2) is 4.79 Å². The molecule has 0 spiro atoms. The Labute approximate surface area is 90.4 Å². The zero-order valence-corrected chi connectivity index (χ0v) is 9.45. The molecule has 5 heteroatoms. The minimum absolute atomic E-state index is 0.125. The van der Waals surface area contributed by atoms with Gasteiger partial charge in [0.05, 0.1) is 13.2 Å². The second-order valence-electron chi connectivity index (χ2n) is 3.86. The molecule has 5 nitrogen and oxygen atoms in total. The number of nitrogens with zero attached hydrogens (tertiary/aromatic N) is 1. The van der Waals surface area contributed by atoms with Crippen molar-refractivity contribution in [2.75, 3.05) is 32.8 Å². The van der Waals surface area contributed by atoms with E-state index in [0.29, 0.717) is 32.7 Å². The Morgan fingerprint density at radius 2 is 2.20 bits per heavy atom. The average molecular weight is 216 g/mol. The predicted octanol–water partition coefficient (Wildman–Crippen LogP) is 0.189. The molecule has 1 rings (SSSR count). The summed E-state index contributed by atoms with van der Waals surface area (Å²) in [4.78, 5) is 13.2. The van der Waals surface area contributed by atoms with Gasteiger partial charge in [0, 0.05) is 26.1 Å². The van der Waals surface area contributed by atoms with Crippen LogP contribution < -0.4 is 5.32 Å². The summed E-state index contributed by atoms with van der Waals surface area (Å²) in [5, 5.41) is 12.6. The molecular formula is C10H20N2O3. The predicted molar refractivity (Wildman–Crippen MR) is 56.7 cm³/mol. The third-order valence-electron chi connectivity index (χ3n) is 2.70. The van der Waals surface area contributed by atoms with Crippen LogP contribution in [0.25, 0.3) is 0 Å². The van der Waals surface area contributed by atoms with Crippen LogP contribution in [0.1, 0.15) is 20.3 Å². The van der Waals surface area contributed by atoms with Gasteiger partial charge in [-0.15, -0.1) is 0 Å². The van der Waals surface area contributed by atoms with Gasteiger partial charge in [0.2, 0.25) is 0 Å². The number of rotatable bonds is 4. The first-order valence-corrected chi connectivity index (χ1v) is 5.44. The van der Waals surface area contributed by atoms with Crippen LogP contribution in [0.2, 0.25) is 0 Å². The molecule has 0 aromatic rings. The second-order valence-corrected chi connectivity index (χ2v) is 3.86. The van der Waals surface area contributed by atoms with E-state index in [1.807, 2.05) is 13.8 Å². The summed E-state index contributed by atoms with van der Waals surface area (Å²) in [6.45, 7) is 6.35. The molecule has 1 aliphatic heterocycles. The van der Waals surface area contributed by atoms with E-state index in [9.17, 15) is 9.90 Å². The van der Waals surface area contributed by atoms with Crippen molar-refractivity contribution in [3.05, 3.63) is 0 Å². The molecule has 1 heterocycles. The number of amides is 2. The Morgan fingerprint density at radius 1 is 1.53 bits per heavy atom. The van der Waals surface area contributed by atoms with Gasteiger partial charge in [-0.05, 0) is 13.8 Å². The first-order valence-electron chi connectivity index (χ1n) is 5.44. The van der Waals surface area contributed by atoms with Gasteiger partial charge in [0.25, 0.3) is 0 Å². The lowest BCUT2D eigenvalue weighted by Crippen LogP contribution is -2.48. The summed E-state index contributed by atoms with van der Waals surface area (Å²) in [5.41, 5.74) is -0.872. The Bertz CT molecular complexity index is 211. The van der Waals surface area contributed by atoms with Crippen molar-refractivity contribution in [3.8, 4) is 0 Å². The van der Waals surface area contributed by atoms with Gasteiger partial charge in [-0.3, -0.25) is 0 Å². The molecule has 1 unspecified atom stereocenters. The molecule has 15 heavy (non-hydrogen) atoms. The molecule has 1 fully saturated rings. The SMILES string of the molecule is CCN(CC)C(=O)NCC1(O)CCOC1. The highest BCUT2D eigenvalue weighted by atomic mass is 16.5. The standard InChI is InChI=1S/C10H20N2O3/c1-3-12(4-2)9(13)11-7-10(14)5-6-15-8-10/h14H,3-8H2,1-2H3,(H,11,13). The molecule has 1 saturated heterocycles. The van der Waals surface area contributed by atoms with Crippen LogP contribution >= 0.6 is 0 Å². The highest BCUT2D eigenvalue weighted by molar-refractivity contribution is 5.74. The molecule has 2 N–H and O–H groups in total. The maximum Gasteiger partial charge on any atom is 0.317 e. The van der Waals surface area contributed by atoms with Gasteiger partial charge < -0.3 is 20.1 Å². The Kier molecular flexibility index (Phi) is 4.35. The van der Waals surface area contributed by atoms with Crippen LogP contribution in [0.15, 0.2) is 0 Å². The number of carbonyl (C=O) groups is 1. The Hall–Kier alpha value is -0.810. The lowest BCUT2D eigenvalue weighted by molar-refractivity contribution is 0.0281. The lowest BCUT2D eigenvalue weighted by atomic mass is 10.0. The molecule has 2 amide bonds. The molecule has 88 valence electrons. The van der Waals surface area contributed by atoms with Crippen molar-refractivity contribution in [2.24, 2.45) is 0 Å². The fourth-order valence-electron chi connectivity index (χ4n) is 1.60. The number of aliphatic hydroxyl groups is 1. The zero-order valence-electron chi connectivity index (χ0n) is 9.45. The normalized spacial score (nSPS) is 25.3. The first-order chi connectivity index (χ1) is 7.11. The molecule has 0 aromatic carbocycles. The maximum atomic E-state index is 11.6. The van der Waals surface area contributed by atoms with Crippen LogP contribution in [0.4, 0.5) is 4.79 Å². The van der Waals surface area contributed by atoms with E-state index >= 15 is 0 Å². The minimum atomic E-state index is -0.872. The van der Waals surface area contributed by atoms with E-state index in [1.165, 1.54) is 0 Å². The molecule has 0 saturated carbocycles. The number of nitrogens with one attached hydrogen (secondary N) is 1. The molecular weight excluding hydrogens is 196 g/mol. The molecule has 0 radical (unpaired) electrons. The van der Waals surface area contributed by atoms with Gasteiger partial charge in [-0.2, -0.15) is 0 Å². The van der Waals surface area contributed by atoms with E-state index < -0.39 is 5.60 Å². The Balaban J connectivity index is 2.32. The van der Waals surface area contributed by atoms with Gasteiger partial charge in [0.15, 0.2) is 0 Å². The van der Waals surface area contributed by atoms with Gasteiger partial charge in [0.1, 0.15) is 5.60 Å². The Morgan fingerprint density at radius 3 is 2.67 bits per heavy atom. The third kappa shape index (κ3) is 3.35. The van der Waals surface area contributed by atoms with E-state index in [2.05, 4.69) is 5.32 Å². The van der Waals surface area contributed by atoms with E-state index in [-0.39, 0.29) is 12.6 Å². The summed E-state index contributed by atoms with van der Waals surface area (Å²) >= 11 is 0. The summed E-state index contributed by atoms with van der Waals surface area (Å²) in [6.07, 6.45) is 0.589. The van der Waals surface area contributed by atoms with Crippen molar-refractivity contribution in [1.82, 2.24) is 10.2 Å². The van der Waals surface area contributed by atoms with Crippen LogP contribution in [-0.2, 0) is 4.74 Å². The number of carbonyl (C=O) groups excluding carboxylic acids is 1. The highest BCUT2D eigenvalue weighted by Crippen LogP contribution is 2.16. The summed E-state index contributed by atoms with van der Waals surface area (Å²) in [7, 11) is 0. The summed E-state index contributed by atoms with van der Waals surface area (Å²) in [6, 6.07) is -0.125. The smallest absolute Gasteiger partial charge is 0.317 e. The third-order valence-corrected chi connectivity index (χ3v) is 2.70. The zero-order chi connectivity index (χ0) is 11.3. The van der Waals surface area contributed by atoms with E-state index in [1.54, 1.807) is 4.90 Å². The number of urea groups is 1. The molecule has 1 aliphatic rings. The topological polar surface area (TPSA) is 61.8 Å². The van der Waals surface area contributed by atoms with Gasteiger partial charge >= 0.3 is 6.03 Å². The van der Waals surface area contributed by atoms with Crippen molar-refractivity contribution >= 4 is 6.03 Å². The number of hydrogen-bond acceptors (Lipinski definition) is 3. The van der Waals surface area contributed by atoms with E-state index in [0.717, 1.165) is 0 Å². The lowest BCUT2D eigenvalue weighted by Gasteiger charge is -2.24. The first kappa shape index (κ1) is 12.3. The maximum absolute atomic E-state index is 11.6. The van der Waals surface area contributed by atoms with Crippen molar-refractivity contribution in [3.63, 3.8) is 0 Å². The summed E-state index contributed by atoms with van der Waals surface area (Å²) < 4.78 is 5.09. The quantitative estimate of drug-likeness (QED) is 0.705. The fourth-order valence-corrected chi connectivity index (χ4v) is 1.60. The molecule has 1 atom stereocenters. The van der Waals surface area contributed by atoms with E-state index in [4.69, 9.17) is 4.74 Å².